The molecule has 186 valence electrons. The lowest BCUT2D eigenvalue weighted by atomic mass is 10.0. The predicted octanol–water partition coefficient (Wildman–Crippen LogP) is 3.89. The SMILES string of the molecule is CS(=N)(=O)c1cccc(-c2ccc(-c3nc4[nH]c(O[C@@H]5CO[C@H]6[C@@H]5OC[C@H]6O)nc4cc3Cl)cc2)c1. The number of pyridine rings is 1. The van der Waals surface area contributed by atoms with Gasteiger partial charge in [-0.3, -0.25) is 4.98 Å². The quantitative estimate of drug-likeness (QED) is 0.359. The molecule has 11 heteroatoms. The molecule has 2 fully saturated rings. The molecule has 4 heterocycles. The second kappa shape index (κ2) is 8.82. The Kier molecular flexibility index (Phi) is 5.73. The molecule has 5 atom stereocenters. The Morgan fingerprint density at radius 1 is 1.06 bits per heavy atom. The molecule has 2 aliphatic heterocycles. The minimum absolute atomic E-state index is 0.226. The summed E-state index contributed by atoms with van der Waals surface area (Å²) in [5.74, 6) is 0. The van der Waals surface area contributed by atoms with E-state index in [-0.39, 0.29) is 30.9 Å². The van der Waals surface area contributed by atoms with Crippen LogP contribution in [0.4, 0.5) is 0 Å². The standard InChI is InChI=1S/C25H23ClN4O5S/c1-36(27,32)16-4-2-3-15(9-16)13-5-7-14(8-6-13)21-17(26)10-18-24(29-21)30-25(28-18)35-20-12-34-22-19(31)11-33-23(20)22/h2-10,19-20,22-23,27,31H,11-12H2,1H3,(H,28,29,30)/t19-,20-,22-,23-,36?/m1/s1. The van der Waals surface area contributed by atoms with Crippen molar-refractivity contribution in [3.63, 3.8) is 0 Å². The van der Waals surface area contributed by atoms with Crippen LogP contribution in [-0.2, 0) is 19.2 Å². The number of aromatic nitrogens is 3. The van der Waals surface area contributed by atoms with E-state index in [1.54, 1.807) is 24.3 Å². The number of hydrogen-bond acceptors (Lipinski definition) is 8. The molecule has 0 amide bonds. The van der Waals surface area contributed by atoms with Crippen molar-refractivity contribution in [2.24, 2.45) is 0 Å². The molecule has 0 aliphatic carbocycles. The maximum absolute atomic E-state index is 12.1. The number of H-pyrrole nitrogens is 1. The van der Waals surface area contributed by atoms with E-state index in [0.717, 1.165) is 16.7 Å². The average molecular weight is 527 g/mol. The zero-order valence-electron chi connectivity index (χ0n) is 19.2. The van der Waals surface area contributed by atoms with E-state index in [1.807, 2.05) is 30.3 Å². The number of aliphatic hydroxyl groups is 1. The van der Waals surface area contributed by atoms with Gasteiger partial charge in [-0.15, -0.1) is 0 Å². The third-order valence-corrected chi connectivity index (χ3v) is 7.87. The monoisotopic (exact) mass is 526 g/mol. The highest BCUT2D eigenvalue weighted by Gasteiger charge is 2.48. The molecule has 2 aromatic carbocycles. The highest BCUT2D eigenvalue weighted by Crippen LogP contribution is 2.33. The topological polar surface area (TPSA) is 130 Å². The summed E-state index contributed by atoms with van der Waals surface area (Å²) in [5.41, 5.74) is 4.30. The Hall–Kier alpha value is -3.02. The molecule has 2 aromatic heterocycles. The van der Waals surface area contributed by atoms with Gasteiger partial charge in [0.1, 0.15) is 23.8 Å². The van der Waals surface area contributed by atoms with Gasteiger partial charge < -0.3 is 19.3 Å². The van der Waals surface area contributed by atoms with Gasteiger partial charge in [0.2, 0.25) is 0 Å². The Morgan fingerprint density at radius 3 is 2.58 bits per heavy atom. The lowest BCUT2D eigenvalue weighted by Gasteiger charge is -2.15. The first-order valence-corrected chi connectivity index (χ1v) is 13.7. The van der Waals surface area contributed by atoms with Gasteiger partial charge in [-0.1, -0.05) is 48.0 Å². The van der Waals surface area contributed by atoms with E-state index in [0.29, 0.717) is 33.4 Å². The van der Waals surface area contributed by atoms with Gasteiger partial charge in [-0.2, -0.15) is 4.98 Å². The molecule has 2 saturated heterocycles. The first-order chi connectivity index (χ1) is 17.3. The molecular formula is C25H23ClN4O5S. The summed E-state index contributed by atoms with van der Waals surface area (Å²) in [7, 11) is -2.80. The van der Waals surface area contributed by atoms with Crippen molar-refractivity contribution in [3.05, 3.63) is 59.6 Å². The minimum Gasteiger partial charge on any atom is -0.456 e. The fraction of sp³-hybridized carbons (Fsp3) is 0.280. The number of nitrogens with one attached hydrogen (secondary N) is 2. The van der Waals surface area contributed by atoms with Crippen LogP contribution < -0.4 is 4.74 Å². The number of benzene rings is 2. The van der Waals surface area contributed by atoms with E-state index in [9.17, 15) is 9.32 Å². The van der Waals surface area contributed by atoms with E-state index in [2.05, 4.69) is 15.0 Å². The van der Waals surface area contributed by atoms with Gasteiger partial charge in [0, 0.05) is 16.7 Å². The number of nitrogens with zero attached hydrogens (tertiary/aromatic N) is 2. The number of aromatic amines is 1. The van der Waals surface area contributed by atoms with Crippen LogP contribution in [0.2, 0.25) is 5.02 Å². The van der Waals surface area contributed by atoms with E-state index in [1.165, 1.54) is 6.26 Å². The van der Waals surface area contributed by atoms with E-state index < -0.39 is 15.8 Å². The number of halogens is 1. The Morgan fingerprint density at radius 2 is 1.81 bits per heavy atom. The smallest absolute Gasteiger partial charge is 0.296 e. The fourth-order valence-corrected chi connectivity index (χ4v) is 5.53. The number of imidazole rings is 1. The predicted molar refractivity (Wildman–Crippen MR) is 135 cm³/mol. The zero-order valence-corrected chi connectivity index (χ0v) is 20.8. The largest absolute Gasteiger partial charge is 0.456 e. The summed E-state index contributed by atoms with van der Waals surface area (Å²) in [6, 6.07) is 16.9. The molecule has 3 N–H and O–H groups in total. The Labute approximate surface area is 212 Å². The normalized spacial score (nSPS) is 25.1. The van der Waals surface area contributed by atoms with Crippen LogP contribution in [-0.4, -0.2) is 68.2 Å². The lowest BCUT2D eigenvalue weighted by Crippen LogP contribution is -2.34. The van der Waals surface area contributed by atoms with Crippen molar-refractivity contribution in [2.75, 3.05) is 19.5 Å². The van der Waals surface area contributed by atoms with Gasteiger partial charge in [-0.25, -0.2) is 14.0 Å². The molecule has 6 rings (SSSR count). The lowest BCUT2D eigenvalue weighted by molar-refractivity contribution is 0.00706. The van der Waals surface area contributed by atoms with Crippen molar-refractivity contribution in [1.29, 1.82) is 4.78 Å². The summed E-state index contributed by atoms with van der Waals surface area (Å²) < 4.78 is 37.1. The highest BCUT2D eigenvalue weighted by molar-refractivity contribution is 7.91. The molecular weight excluding hydrogens is 504 g/mol. The van der Waals surface area contributed by atoms with Crippen LogP contribution in [0.15, 0.2) is 59.5 Å². The molecule has 36 heavy (non-hydrogen) atoms. The fourth-order valence-electron chi connectivity index (χ4n) is 4.58. The van der Waals surface area contributed by atoms with Gasteiger partial charge >= 0.3 is 0 Å². The molecule has 0 bridgehead atoms. The zero-order chi connectivity index (χ0) is 25.0. The summed E-state index contributed by atoms with van der Waals surface area (Å²) >= 11 is 6.56. The van der Waals surface area contributed by atoms with Crippen LogP contribution in [0, 0.1) is 4.78 Å². The first kappa shape index (κ1) is 23.4. The molecule has 1 unspecified atom stereocenters. The summed E-state index contributed by atoms with van der Waals surface area (Å²) in [4.78, 5) is 12.7. The maximum Gasteiger partial charge on any atom is 0.296 e. The summed E-state index contributed by atoms with van der Waals surface area (Å²) in [6.45, 7) is 0.526. The Bertz CT molecular complexity index is 1560. The second-order valence-corrected chi connectivity index (χ2v) is 11.6. The summed E-state index contributed by atoms with van der Waals surface area (Å²) in [6.07, 6.45) is -0.351. The first-order valence-electron chi connectivity index (χ1n) is 11.3. The summed E-state index contributed by atoms with van der Waals surface area (Å²) in [5, 5.41) is 10.4. The van der Waals surface area contributed by atoms with E-state index in [4.69, 9.17) is 30.6 Å². The third kappa shape index (κ3) is 4.25. The van der Waals surface area contributed by atoms with E-state index >= 15 is 0 Å². The van der Waals surface area contributed by atoms with Gasteiger partial charge in [-0.05, 0) is 29.3 Å². The molecule has 0 radical (unpaired) electrons. The van der Waals surface area contributed by atoms with Gasteiger partial charge in [0.15, 0.2) is 11.8 Å². The second-order valence-electron chi connectivity index (χ2n) is 9.00. The Balaban J connectivity index is 1.25. The van der Waals surface area contributed by atoms with Crippen molar-refractivity contribution >= 4 is 32.5 Å². The van der Waals surface area contributed by atoms with Gasteiger partial charge in [0.05, 0.1) is 33.7 Å². The van der Waals surface area contributed by atoms with Crippen LogP contribution in [0.3, 0.4) is 0 Å². The van der Waals surface area contributed by atoms with Crippen molar-refractivity contribution in [3.8, 4) is 28.4 Å². The number of fused-ring (bicyclic) bond motifs is 2. The molecule has 9 nitrogen and oxygen atoms in total. The maximum atomic E-state index is 12.1. The molecule has 4 aromatic rings. The molecule has 2 aliphatic rings. The van der Waals surface area contributed by atoms with Crippen LogP contribution in [0.5, 0.6) is 6.01 Å². The third-order valence-electron chi connectivity index (χ3n) is 6.42. The number of aliphatic hydroxyl groups excluding tert-OH is 1. The number of rotatable bonds is 5. The van der Waals surface area contributed by atoms with Crippen molar-refractivity contribution < 1.29 is 23.5 Å². The van der Waals surface area contributed by atoms with Gasteiger partial charge in [0.25, 0.3) is 6.01 Å². The number of ether oxygens (including phenoxy) is 3. The van der Waals surface area contributed by atoms with Crippen LogP contribution in [0.25, 0.3) is 33.5 Å². The highest BCUT2D eigenvalue weighted by atomic mass is 35.5. The molecule has 0 spiro atoms. The van der Waals surface area contributed by atoms with Crippen molar-refractivity contribution in [2.45, 2.75) is 29.3 Å². The minimum atomic E-state index is -2.80. The van der Waals surface area contributed by atoms with Crippen LogP contribution >= 0.6 is 11.6 Å². The molecule has 0 saturated carbocycles. The van der Waals surface area contributed by atoms with Crippen LogP contribution in [0.1, 0.15) is 0 Å². The number of hydrogen-bond donors (Lipinski definition) is 3. The average Bonchev–Trinajstić information content (AvgIpc) is 3.55. The van der Waals surface area contributed by atoms with Crippen molar-refractivity contribution in [1.82, 2.24) is 15.0 Å².